The van der Waals surface area contributed by atoms with E-state index >= 15 is 0 Å². The van der Waals surface area contributed by atoms with Crippen LogP contribution in [-0.2, 0) is 17.7 Å². The van der Waals surface area contributed by atoms with Crippen molar-refractivity contribution in [2.75, 3.05) is 56.2 Å². The van der Waals surface area contributed by atoms with Crippen molar-refractivity contribution in [3.63, 3.8) is 0 Å². The number of likely N-dealkylation sites (tertiary alicyclic amines) is 1. The van der Waals surface area contributed by atoms with Gasteiger partial charge in [0.1, 0.15) is 18.0 Å². The molecular formula is C33H42N8O3. The lowest BCUT2D eigenvalue weighted by Gasteiger charge is -2.42. The largest absolute Gasteiger partial charge is 0.462 e. The highest BCUT2D eigenvalue weighted by Gasteiger charge is 2.36. The molecule has 0 aliphatic carbocycles. The highest BCUT2D eigenvalue weighted by atomic mass is 16.6. The van der Waals surface area contributed by atoms with Crippen LogP contribution in [0.15, 0.2) is 36.7 Å². The van der Waals surface area contributed by atoms with Crippen molar-refractivity contribution < 1.29 is 14.3 Å². The average molecular weight is 599 g/mol. The molecule has 11 nitrogen and oxygen atoms in total. The number of nitriles is 1. The molecule has 3 aromatic rings. The fraction of sp³-hybridized carbons (Fsp3) is 0.545. The number of nitrogens with zero attached hydrogens (tertiary/aromatic N) is 8. The molecule has 2 unspecified atom stereocenters. The number of fused-ring (bicyclic) bond motifs is 2. The van der Waals surface area contributed by atoms with Crippen LogP contribution in [0.25, 0.3) is 10.8 Å². The first-order chi connectivity index (χ1) is 21.2. The second kappa shape index (κ2) is 12.4. The Kier molecular flexibility index (Phi) is 8.45. The Hall–Kier alpha value is -4.17. The number of aromatic nitrogens is 3. The first kappa shape index (κ1) is 29.9. The molecule has 1 aromatic carbocycles. The summed E-state index contributed by atoms with van der Waals surface area (Å²) in [6.45, 7) is 10.1. The van der Waals surface area contributed by atoms with E-state index in [2.05, 4.69) is 51.0 Å². The van der Waals surface area contributed by atoms with Crippen LogP contribution in [0.3, 0.4) is 0 Å². The summed E-state index contributed by atoms with van der Waals surface area (Å²) in [5.41, 5.74) is 2.52. The van der Waals surface area contributed by atoms with Gasteiger partial charge in [0.05, 0.1) is 42.7 Å². The molecule has 5 heterocycles. The Morgan fingerprint density at radius 3 is 2.68 bits per heavy atom. The smallest absolute Gasteiger partial charge is 0.410 e. The Bertz CT molecular complexity index is 1550. The molecule has 0 bridgehead atoms. The summed E-state index contributed by atoms with van der Waals surface area (Å²) in [5.74, 6) is 0.840. The Balaban J connectivity index is 1.30. The SMILES string of the molecule is CN1CCCC1COc1nc2c(c(N3CCN(C(=O)OC(C)(C)C)C(CC#N)C3)n1)CCN(c1cncc3ccccc13)C2. The average Bonchev–Trinajstić information content (AvgIpc) is 3.42. The van der Waals surface area contributed by atoms with Crippen molar-refractivity contribution in [2.45, 2.75) is 70.7 Å². The molecule has 0 N–H and O–H groups in total. The van der Waals surface area contributed by atoms with Crippen molar-refractivity contribution in [1.29, 1.82) is 5.26 Å². The molecule has 2 aromatic heterocycles. The van der Waals surface area contributed by atoms with Crippen LogP contribution >= 0.6 is 0 Å². The Morgan fingerprint density at radius 1 is 1.07 bits per heavy atom. The summed E-state index contributed by atoms with van der Waals surface area (Å²) in [6, 6.07) is 11.0. The van der Waals surface area contributed by atoms with E-state index in [1.807, 2.05) is 39.2 Å². The van der Waals surface area contributed by atoms with Crippen LogP contribution in [0.2, 0.25) is 0 Å². The summed E-state index contributed by atoms with van der Waals surface area (Å²) in [5, 5.41) is 11.9. The third kappa shape index (κ3) is 6.36. The van der Waals surface area contributed by atoms with Gasteiger partial charge < -0.3 is 29.1 Å². The zero-order valence-corrected chi connectivity index (χ0v) is 26.2. The van der Waals surface area contributed by atoms with Gasteiger partial charge in [-0.3, -0.25) is 4.98 Å². The van der Waals surface area contributed by atoms with E-state index < -0.39 is 5.60 Å². The molecule has 0 radical (unpaired) electrons. The number of benzene rings is 1. The number of pyridine rings is 1. The molecule has 44 heavy (non-hydrogen) atoms. The monoisotopic (exact) mass is 598 g/mol. The maximum absolute atomic E-state index is 13.0. The molecule has 3 aliphatic heterocycles. The van der Waals surface area contributed by atoms with E-state index in [4.69, 9.17) is 19.4 Å². The summed E-state index contributed by atoms with van der Waals surface area (Å²) < 4.78 is 12.0. The van der Waals surface area contributed by atoms with Crippen molar-refractivity contribution >= 4 is 28.4 Å². The summed E-state index contributed by atoms with van der Waals surface area (Å²) in [7, 11) is 2.13. The molecule has 0 spiro atoms. The highest BCUT2D eigenvalue weighted by molar-refractivity contribution is 5.93. The Morgan fingerprint density at radius 2 is 1.91 bits per heavy atom. The van der Waals surface area contributed by atoms with Gasteiger partial charge in [0, 0.05) is 54.8 Å². The van der Waals surface area contributed by atoms with Gasteiger partial charge in [-0.05, 0) is 53.6 Å². The van der Waals surface area contributed by atoms with E-state index in [1.54, 1.807) is 4.90 Å². The second-order valence-corrected chi connectivity index (χ2v) is 13.0. The fourth-order valence-electron chi connectivity index (χ4n) is 6.52. The maximum Gasteiger partial charge on any atom is 0.410 e. The van der Waals surface area contributed by atoms with E-state index in [0.717, 1.165) is 60.5 Å². The predicted octanol–water partition coefficient (Wildman–Crippen LogP) is 4.40. The zero-order chi connectivity index (χ0) is 30.8. The lowest BCUT2D eigenvalue weighted by atomic mass is 10.0. The number of carbonyl (C=O) groups is 1. The van der Waals surface area contributed by atoms with E-state index in [1.165, 1.54) is 5.39 Å². The van der Waals surface area contributed by atoms with Crippen LogP contribution in [-0.4, -0.2) is 94.9 Å². The molecular weight excluding hydrogens is 556 g/mol. The third-order valence-corrected chi connectivity index (χ3v) is 8.82. The molecule has 6 rings (SSSR count). The van der Waals surface area contributed by atoms with E-state index in [0.29, 0.717) is 44.8 Å². The molecule has 1 amide bonds. The third-order valence-electron chi connectivity index (χ3n) is 8.82. The highest BCUT2D eigenvalue weighted by Crippen LogP contribution is 2.34. The predicted molar refractivity (Wildman–Crippen MR) is 169 cm³/mol. The van der Waals surface area contributed by atoms with Crippen LogP contribution in [0.5, 0.6) is 6.01 Å². The first-order valence-electron chi connectivity index (χ1n) is 15.6. The van der Waals surface area contributed by atoms with E-state index in [9.17, 15) is 10.1 Å². The van der Waals surface area contributed by atoms with Gasteiger partial charge in [0.2, 0.25) is 0 Å². The number of hydrogen-bond acceptors (Lipinski definition) is 10. The number of ether oxygens (including phenoxy) is 2. The number of anilines is 2. The number of amides is 1. The minimum absolute atomic E-state index is 0.211. The van der Waals surface area contributed by atoms with Gasteiger partial charge in [0.25, 0.3) is 0 Å². The van der Waals surface area contributed by atoms with Crippen molar-refractivity contribution in [3.8, 4) is 12.1 Å². The minimum atomic E-state index is -0.609. The molecule has 2 atom stereocenters. The minimum Gasteiger partial charge on any atom is -0.462 e. The Labute approximate surface area is 259 Å². The van der Waals surface area contributed by atoms with Gasteiger partial charge in [-0.15, -0.1) is 0 Å². The van der Waals surface area contributed by atoms with Crippen molar-refractivity contribution in [3.05, 3.63) is 47.9 Å². The molecule has 2 saturated heterocycles. The number of hydrogen-bond donors (Lipinski definition) is 0. The van der Waals surface area contributed by atoms with E-state index in [-0.39, 0.29) is 18.6 Å². The second-order valence-electron chi connectivity index (χ2n) is 13.0. The van der Waals surface area contributed by atoms with Crippen LogP contribution in [0, 0.1) is 11.3 Å². The quantitative estimate of drug-likeness (QED) is 0.405. The summed E-state index contributed by atoms with van der Waals surface area (Å²) in [6.07, 6.45) is 6.68. The van der Waals surface area contributed by atoms with Gasteiger partial charge in [-0.2, -0.15) is 15.2 Å². The number of piperazine rings is 1. The molecule has 232 valence electrons. The van der Waals surface area contributed by atoms with Gasteiger partial charge in [-0.25, -0.2) is 4.79 Å². The van der Waals surface area contributed by atoms with Gasteiger partial charge in [-0.1, -0.05) is 24.3 Å². The lowest BCUT2D eigenvalue weighted by molar-refractivity contribution is 0.0144. The van der Waals surface area contributed by atoms with Crippen molar-refractivity contribution in [1.82, 2.24) is 24.8 Å². The van der Waals surface area contributed by atoms with Gasteiger partial charge in [0.15, 0.2) is 0 Å². The normalized spacial score (nSPS) is 20.8. The molecule has 11 heteroatoms. The van der Waals surface area contributed by atoms with Crippen molar-refractivity contribution in [2.24, 2.45) is 0 Å². The van der Waals surface area contributed by atoms with Gasteiger partial charge >= 0.3 is 12.1 Å². The number of rotatable bonds is 6. The lowest BCUT2D eigenvalue weighted by Crippen LogP contribution is -2.56. The number of carbonyl (C=O) groups excluding carboxylic acids is 1. The molecule has 2 fully saturated rings. The van der Waals surface area contributed by atoms with Crippen LogP contribution < -0.4 is 14.5 Å². The summed E-state index contributed by atoms with van der Waals surface area (Å²) in [4.78, 5) is 36.1. The number of likely N-dealkylation sites (N-methyl/N-ethyl adjacent to an activating group) is 1. The van der Waals surface area contributed by atoms with Crippen LogP contribution in [0.1, 0.15) is 51.3 Å². The van der Waals surface area contributed by atoms with Crippen LogP contribution in [0.4, 0.5) is 16.3 Å². The fourth-order valence-corrected chi connectivity index (χ4v) is 6.52. The maximum atomic E-state index is 13.0. The standard InChI is InChI=1S/C33H42N8O3/c1-33(2,3)44-32(42)41-17-16-40(20-24(41)11-13-34)30-27-12-15-39(29-19-35-18-23-8-5-6-10-26(23)29)21-28(27)36-31(37-30)43-22-25-9-7-14-38(25)4/h5-6,8,10,18-19,24-25H,7,9,11-12,14-17,20-22H2,1-4H3. The first-order valence-corrected chi connectivity index (χ1v) is 15.6. The zero-order valence-electron chi connectivity index (χ0n) is 26.2. The summed E-state index contributed by atoms with van der Waals surface area (Å²) >= 11 is 0. The topological polar surface area (TPSA) is 111 Å². The molecule has 0 saturated carbocycles. The molecule has 3 aliphatic rings.